The maximum absolute atomic E-state index is 14.3. The molecule has 15 nitrogen and oxygen atoms in total. The summed E-state index contributed by atoms with van der Waals surface area (Å²) in [5.74, 6) is -1.59. The van der Waals surface area contributed by atoms with Gasteiger partial charge < -0.3 is 30.1 Å². The third kappa shape index (κ3) is 10.6. The van der Waals surface area contributed by atoms with Crippen LogP contribution in [-0.4, -0.2) is 93.6 Å². The Morgan fingerprint density at radius 3 is 2.37 bits per heavy atom. The average Bonchev–Trinajstić information content (AvgIpc) is 3.46. The van der Waals surface area contributed by atoms with Crippen LogP contribution in [-0.2, 0) is 36.8 Å². The minimum absolute atomic E-state index is 0.0600. The van der Waals surface area contributed by atoms with Gasteiger partial charge in [-0.2, -0.15) is 0 Å². The minimum atomic E-state index is -1.24. The minimum Gasteiger partial charge on any atom is -0.507 e. The Bertz CT molecular complexity index is 1750. The molecule has 6 amide bonds. The quantitative estimate of drug-likeness (QED) is 0.102. The van der Waals surface area contributed by atoms with Gasteiger partial charge in [0.25, 0.3) is 11.1 Å². The predicted molar refractivity (Wildman–Crippen MR) is 200 cm³/mol. The molecule has 54 heavy (non-hydrogen) atoms. The number of hydrogen-bond donors (Lipinski definition) is 6. The van der Waals surface area contributed by atoms with Crippen LogP contribution in [0.25, 0.3) is 0 Å². The van der Waals surface area contributed by atoms with Gasteiger partial charge in [0.15, 0.2) is 5.60 Å². The Labute approximate surface area is 319 Å². The molecule has 2 aliphatic heterocycles. The summed E-state index contributed by atoms with van der Waals surface area (Å²) < 4.78 is 12.4. The second-order valence-corrected chi connectivity index (χ2v) is 15.5. The molecule has 0 saturated carbocycles. The van der Waals surface area contributed by atoms with Crippen molar-refractivity contribution in [2.24, 2.45) is 11.8 Å². The molecule has 6 N–H and O–H groups in total. The maximum atomic E-state index is 14.3. The van der Waals surface area contributed by atoms with E-state index < -0.39 is 34.5 Å². The zero-order valence-electron chi connectivity index (χ0n) is 31.6. The number of amides is 6. The Morgan fingerprint density at radius 2 is 1.74 bits per heavy atom. The van der Waals surface area contributed by atoms with Crippen LogP contribution in [0.15, 0.2) is 24.3 Å². The number of hydrogen-bond acceptors (Lipinski definition) is 11. The molecule has 0 aromatic heterocycles. The zero-order chi connectivity index (χ0) is 39.7. The number of carbonyl (C=O) groups excluding carboxylic acids is 6. The van der Waals surface area contributed by atoms with Crippen molar-refractivity contribution in [2.45, 2.75) is 84.5 Å². The number of imide groups is 1. The highest BCUT2D eigenvalue weighted by Gasteiger charge is 2.43. The number of thioether (sulfide) groups is 1. The summed E-state index contributed by atoms with van der Waals surface area (Å²) >= 11 is 0.965. The van der Waals surface area contributed by atoms with Crippen LogP contribution in [0.5, 0.6) is 17.2 Å². The lowest BCUT2D eigenvalue weighted by atomic mass is 9.86. The van der Waals surface area contributed by atoms with Gasteiger partial charge in [0.2, 0.25) is 23.6 Å². The molecule has 2 heterocycles. The van der Waals surface area contributed by atoms with E-state index in [1.54, 1.807) is 30.9 Å². The van der Waals surface area contributed by atoms with E-state index in [4.69, 9.17) is 14.7 Å². The lowest BCUT2D eigenvalue weighted by molar-refractivity contribution is -0.149. The number of fused-ring (bicyclic) bond motifs is 1. The fourth-order valence-electron chi connectivity index (χ4n) is 6.61. The highest BCUT2D eigenvalue weighted by Crippen LogP contribution is 2.43. The van der Waals surface area contributed by atoms with Crippen molar-refractivity contribution in [1.29, 1.82) is 0 Å². The molecule has 0 aliphatic carbocycles. The van der Waals surface area contributed by atoms with Crippen LogP contribution in [0.4, 0.5) is 4.79 Å². The van der Waals surface area contributed by atoms with Gasteiger partial charge in [-0.05, 0) is 87.3 Å². The van der Waals surface area contributed by atoms with E-state index in [2.05, 4.69) is 16.0 Å². The van der Waals surface area contributed by atoms with Crippen molar-refractivity contribution < 1.29 is 48.6 Å². The van der Waals surface area contributed by atoms with Crippen molar-refractivity contribution in [3.05, 3.63) is 52.1 Å². The number of hydroxylamine groups is 1. The first kappa shape index (κ1) is 41.9. The first-order valence-corrected chi connectivity index (χ1v) is 18.9. The first-order chi connectivity index (χ1) is 25.5. The van der Waals surface area contributed by atoms with Gasteiger partial charge in [-0.15, -0.1) is 0 Å². The lowest BCUT2D eigenvalue weighted by Gasteiger charge is -2.39. The molecule has 294 valence electrons. The summed E-state index contributed by atoms with van der Waals surface area (Å²) in [6.45, 7) is 11.1. The fraction of sp³-hybridized carbons (Fsp3) is 0.526. The van der Waals surface area contributed by atoms with Crippen molar-refractivity contribution in [2.75, 3.05) is 32.8 Å². The first-order valence-electron chi connectivity index (χ1n) is 18.0. The Hall–Kier alpha value is -4.83. The Kier molecular flexibility index (Phi) is 14.3. The molecule has 2 aromatic carbocycles. The molecule has 2 aliphatic rings. The molecule has 1 fully saturated rings. The summed E-state index contributed by atoms with van der Waals surface area (Å²) in [6, 6.07) is 7.13. The zero-order valence-corrected chi connectivity index (χ0v) is 32.4. The molecule has 2 unspecified atom stereocenters. The molecular weight excluding hydrogens is 719 g/mol. The van der Waals surface area contributed by atoms with Crippen LogP contribution in [0.1, 0.15) is 67.9 Å². The van der Waals surface area contributed by atoms with Crippen LogP contribution in [0.2, 0.25) is 0 Å². The number of nitrogens with one attached hydrogen (secondary N) is 4. The summed E-state index contributed by atoms with van der Waals surface area (Å²) in [5.41, 5.74) is 4.17. The molecule has 4 rings (SSSR count). The third-order valence-corrected chi connectivity index (χ3v) is 10.8. The molecular formula is C38H51N5O10S. The molecule has 0 bridgehead atoms. The number of benzene rings is 2. The average molecular weight is 770 g/mol. The van der Waals surface area contributed by atoms with Crippen LogP contribution < -0.4 is 30.9 Å². The second kappa shape index (κ2) is 18.5. The number of rotatable bonds is 17. The second-order valence-electron chi connectivity index (χ2n) is 14.4. The number of phenolic OH excluding ortho intramolecular Hbond substituents is 1. The largest absolute Gasteiger partial charge is 0.507 e. The number of phenols is 1. The van der Waals surface area contributed by atoms with Gasteiger partial charge in [-0.25, -0.2) is 5.48 Å². The molecule has 0 spiro atoms. The van der Waals surface area contributed by atoms with Crippen molar-refractivity contribution in [1.82, 2.24) is 26.3 Å². The monoisotopic (exact) mass is 769 g/mol. The van der Waals surface area contributed by atoms with Crippen LogP contribution >= 0.6 is 11.8 Å². The predicted octanol–water partition coefficient (Wildman–Crippen LogP) is 2.99. The number of aromatic hydroxyl groups is 1. The van der Waals surface area contributed by atoms with Gasteiger partial charge in [0.05, 0.1) is 18.3 Å². The van der Waals surface area contributed by atoms with Gasteiger partial charge in [0.1, 0.15) is 23.9 Å². The maximum Gasteiger partial charge on any atom is 0.286 e. The Balaban J connectivity index is 1.40. The van der Waals surface area contributed by atoms with Gasteiger partial charge in [-0.1, -0.05) is 37.7 Å². The van der Waals surface area contributed by atoms with E-state index in [9.17, 15) is 33.9 Å². The smallest absolute Gasteiger partial charge is 0.286 e. The molecule has 2 aromatic rings. The summed E-state index contributed by atoms with van der Waals surface area (Å²) in [7, 11) is 0. The van der Waals surface area contributed by atoms with E-state index >= 15 is 0 Å². The van der Waals surface area contributed by atoms with Crippen LogP contribution in [0.3, 0.4) is 0 Å². The van der Waals surface area contributed by atoms with E-state index in [1.165, 1.54) is 5.48 Å². The van der Waals surface area contributed by atoms with E-state index in [0.717, 1.165) is 34.0 Å². The number of nitrogens with zero attached hydrogens (tertiary/aromatic N) is 1. The summed E-state index contributed by atoms with van der Waals surface area (Å²) in [5, 5.41) is 26.3. The summed E-state index contributed by atoms with van der Waals surface area (Å²) in [6.07, 6.45) is 1.41. The normalized spacial score (nSPS) is 18.3. The van der Waals surface area contributed by atoms with Gasteiger partial charge >= 0.3 is 0 Å². The highest BCUT2D eigenvalue weighted by atomic mass is 32.2. The van der Waals surface area contributed by atoms with Crippen LogP contribution in [0, 0.1) is 32.6 Å². The number of ether oxygens (including phenoxy) is 2. The van der Waals surface area contributed by atoms with Crippen molar-refractivity contribution in [3.8, 4) is 17.2 Å². The molecule has 3 atom stereocenters. The Morgan fingerprint density at radius 1 is 1.04 bits per heavy atom. The fourth-order valence-corrected chi connectivity index (χ4v) is 7.47. The summed E-state index contributed by atoms with van der Waals surface area (Å²) in [4.78, 5) is 76.5. The van der Waals surface area contributed by atoms with E-state index in [-0.39, 0.29) is 67.9 Å². The van der Waals surface area contributed by atoms with E-state index in [0.29, 0.717) is 42.7 Å². The number of carbonyl (C=O) groups is 6. The highest BCUT2D eigenvalue weighted by molar-refractivity contribution is 8.15. The standard InChI is InChI=1S/C38H51N5O10S/c1-21(2)17-26(19-30(44)42-51)34(47)40-20-31(45)39-13-14-43(15-16-52-27-9-7-25(8-10-27)18-29-35(48)41-37(50)54-29)36(49)38(6)12-11-28-24(5)32(46)22(3)23(4)33(28)53-38/h7-10,21,26,29,46,51H,11-20H2,1-6H3,(H,39,45)(H,40,47)(H,42,44)(H,41,48,50)/t26-,29?,38?/m1/s1. The topological polar surface area (TPSA) is 213 Å². The lowest BCUT2D eigenvalue weighted by Crippen LogP contribution is -2.55. The van der Waals surface area contributed by atoms with Crippen molar-refractivity contribution >= 4 is 46.5 Å². The van der Waals surface area contributed by atoms with Gasteiger partial charge in [-0.3, -0.25) is 39.3 Å². The molecule has 1 saturated heterocycles. The van der Waals surface area contributed by atoms with E-state index in [1.807, 2.05) is 39.8 Å². The van der Waals surface area contributed by atoms with Gasteiger partial charge in [0, 0.05) is 37.4 Å². The molecule has 16 heteroatoms. The molecule has 0 radical (unpaired) electrons. The SMILES string of the molecule is Cc1c(C)c2c(c(C)c1O)CCC(C)(C(=O)N(CCNC(=O)CNC(=O)[C@@H](CC(=O)NO)CC(C)C)CCOc1ccc(CC3SC(=O)NC3=O)cc1)O2. The third-order valence-electron chi connectivity index (χ3n) is 9.81. The van der Waals surface area contributed by atoms with Crippen molar-refractivity contribution in [3.63, 3.8) is 0 Å².